The zero-order valence-electron chi connectivity index (χ0n) is 11.8. The van der Waals surface area contributed by atoms with Gasteiger partial charge in [0.15, 0.2) is 0 Å². The molecule has 110 valence electrons. The van der Waals surface area contributed by atoms with Gasteiger partial charge >= 0.3 is 5.97 Å². The van der Waals surface area contributed by atoms with Crippen molar-refractivity contribution in [3.05, 3.63) is 0 Å². The maximum absolute atomic E-state index is 12.2. The molecule has 0 aromatic carbocycles. The average molecular weight is 291 g/mol. The Kier molecular flexibility index (Phi) is 4.23. The van der Waals surface area contributed by atoms with E-state index in [0.29, 0.717) is 12.5 Å². The van der Waals surface area contributed by atoms with Gasteiger partial charge in [-0.25, -0.2) is 4.79 Å². The number of hydrogen-bond donors (Lipinski definition) is 2. The van der Waals surface area contributed by atoms with Gasteiger partial charge in [0.25, 0.3) is 0 Å². The first-order chi connectivity index (χ1) is 8.19. The number of amides is 1. The molecule has 1 amide bonds. The summed E-state index contributed by atoms with van der Waals surface area (Å²) >= 11 is 0. The number of halogens is 1. The fraction of sp³-hybridized carbons (Fsp3) is 0.846. The van der Waals surface area contributed by atoms with Crippen molar-refractivity contribution in [2.75, 3.05) is 6.54 Å². The highest BCUT2D eigenvalue weighted by atomic mass is 35.5. The number of carboxylic acids is 1. The summed E-state index contributed by atoms with van der Waals surface area (Å²) in [6.45, 7) is 8.43. The molecule has 2 fully saturated rings. The second-order valence-corrected chi connectivity index (χ2v) is 6.50. The molecule has 19 heavy (non-hydrogen) atoms. The summed E-state index contributed by atoms with van der Waals surface area (Å²) in [5, 5.41) is 9.35. The molecule has 1 saturated heterocycles. The quantitative estimate of drug-likeness (QED) is 0.811. The molecule has 1 unspecified atom stereocenters. The SMILES string of the molecule is CC(C)C(N)C(=O)N1C[C@H]2[C@@H]([C@H]1C(=O)O)C2(C)C.Cl. The van der Waals surface area contributed by atoms with E-state index in [1.165, 1.54) is 4.90 Å². The lowest BCUT2D eigenvalue weighted by atomic mass is 9.98. The van der Waals surface area contributed by atoms with Gasteiger partial charge in [0, 0.05) is 12.5 Å². The van der Waals surface area contributed by atoms with E-state index in [9.17, 15) is 14.7 Å². The number of nitrogens with two attached hydrogens (primary N) is 1. The van der Waals surface area contributed by atoms with E-state index in [4.69, 9.17) is 5.73 Å². The van der Waals surface area contributed by atoms with Gasteiger partial charge < -0.3 is 15.7 Å². The fourth-order valence-corrected chi connectivity index (χ4v) is 3.27. The molecule has 2 rings (SSSR count). The molecular weight excluding hydrogens is 268 g/mol. The number of fused-ring (bicyclic) bond motifs is 1. The zero-order chi connectivity index (χ0) is 13.8. The van der Waals surface area contributed by atoms with Gasteiger partial charge in [-0.1, -0.05) is 27.7 Å². The standard InChI is InChI=1S/C13H22N2O3.ClH/c1-6(2)9(14)11(16)15-5-7-8(13(7,3)4)10(15)12(17)18;/h6-10H,5,14H2,1-4H3,(H,17,18);1H/t7-,8-,9?,10-;/m0./s1. The highest BCUT2D eigenvalue weighted by Crippen LogP contribution is 2.64. The number of aliphatic carboxylic acids is 1. The zero-order valence-corrected chi connectivity index (χ0v) is 12.6. The van der Waals surface area contributed by atoms with Crippen LogP contribution in [0.5, 0.6) is 0 Å². The maximum Gasteiger partial charge on any atom is 0.326 e. The third-order valence-electron chi connectivity index (χ3n) is 4.75. The smallest absolute Gasteiger partial charge is 0.326 e. The van der Waals surface area contributed by atoms with Gasteiger partial charge in [-0.3, -0.25) is 4.79 Å². The van der Waals surface area contributed by atoms with Crippen LogP contribution in [0.15, 0.2) is 0 Å². The first-order valence-electron chi connectivity index (χ1n) is 6.48. The molecule has 1 aliphatic heterocycles. The molecule has 1 aliphatic carbocycles. The first-order valence-corrected chi connectivity index (χ1v) is 6.48. The van der Waals surface area contributed by atoms with Crippen LogP contribution in [0.2, 0.25) is 0 Å². The van der Waals surface area contributed by atoms with Gasteiger partial charge in [-0.15, -0.1) is 12.4 Å². The Morgan fingerprint density at radius 1 is 1.37 bits per heavy atom. The Balaban J connectivity index is 0.00000180. The monoisotopic (exact) mass is 290 g/mol. The van der Waals surface area contributed by atoms with Crippen molar-refractivity contribution >= 4 is 24.3 Å². The number of rotatable bonds is 3. The Labute approximate surface area is 119 Å². The number of carboxylic acid groups (broad SMARTS) is 1. The average Bonchev–Trinajstić information content (AvgIpc) is 2.65. The van der Waals surface area contributed by atoms with Gasteiger partial charge in [0.2, 0.25) is 5.91 Å². The van der Waals surface area contributed by atoms with E-state index >= 15 is 0 Å². The van der Waals surface area contributed by atoms with Crippen molar-refractivity contribution < 1.29 is 14.7 Å². The summed E-state index contributed by atoms with van der Waals surface area (Å²) in [4.78, 5) is 25.1. The predicted molar refractivity (Wildman–Crippen MR) is 74.0 cm³/mol. The van der Waals surface area contributed by atoms with E-state index in [1.54, 1.807) is 0 Å². The Morgan fingerprint density at radius 2 is 1.89 bits per heavy atom. The molecule has 0 bridgehead atoms. The Hall–Kier alpha value is -0.810. The number of carbonyl (C=O) groups excluding carboxylic acids is 1. The van der Waals surface area contributed by atoms with E-state index in [-0.39, 0.29) is 35.6 Å². The molecule has 0 aromatic rings. The molecule has 6 heteroatoms. The van der Waals surface area contributed by atoms with E-state index in [1.807, 2.05) is 13.8 Å². The number of nitrogens with zero attached hydrogens (tertiary/aromatic N) is 1. The Bertz CT molecular complexity index is 397. The third-order valence-corrected chi connectivity index (χ3v) is 4.75. The van der Waals surface area contributed by atoms with Gasteiger partial charge in [0.05, 0.1) is 6.04 Å². The van der Waals surface area contributed by atoms with Crippen molar-refractivity contribution in [1.29, 1.82) is 0 Å². The maximum atomic E-state index is 12.2. The van der Waals surface area contributed by atoms with Crippen molar-refractivity contribution in [3.63, 3.8) is 0 Å². The molecule has 4 atom stereocenters. The third kappa shape index (κ3) is 2.34. The van der Waals surface area contributed by atoms with Crippen LogP contribution in [0.1, 0.15) is 27.7 Å². The first kappa shape index (κ1) is 16.2. The topological polar surface area (TPSA) is 83.6 Å². The van der Waals surface area contributed by atoms with Crippen LogP contribution in [-0.4, -0.2) is 40.5 Å². The molecular formula is C13H23ClN2O3. The second-order valence-electron chi connectivity index (χ2n) is 6.50. The minimum Gasteiger partial charge on any atom is -0.480 e. The van der Waals surface area contributed by atoms with Crippen LogP contribution in [0.25, 0.3) is 0 Å². The molecule has 5 nitrogen and oxygen atoms in total. The number of likely N-dealkylation sites (tertiary alicyclic amines) is 1. The summed E-state index contributed by atoms with van der Waals surface area (Å²) in [5.41, 5.74) is 5.89. The van der Waals surface area contributed by atoms with Crippen LogP contribution in [0, 0.1) is 23.2 Å². The molecule has 1 saturated carbocycles. The van der Waals surface area contributed by atoms with Crippen LogP contribution in [-0.2, 0) is 9.59 Å². The molecule has 0 aromatic heterocycles. The summed E-state index contributed by atoms with van der Waals surface area (Å²) in [5.74, 6) is -0.713. The highest BCUT2D eigenvalue weighted by Gasteiger charge is 2.69. The minimum atomic E-state index is -0.905. The largest absolute Gasteiger partial charge is 0.480 e. The van der Waals surface area contributed by atoms with Crippen LogP contribution >= 0.6 is 12.4 Å². The van der Waals surface area contributed by atoms with E-state index < -0.39 is 18.1 Å². The van der Waals surface area contributed by atoms with E-state index in [2.05, 4.69) is 13.8 Å². The summed E-state index contributed by atoms with van der Waals surface area (Å²) in [7, 11) is 0. The van der Waals surface area contributed by atoms with Crippen molar-refractivity contribution in [2.24, 2.45) is 28.9 Å². The second kappa shape index (κ2) is 4.94. The van der Waals surface area contributed by atoms with Crippen LogP contribution in [0.3, 0.4) is 0 Å². The number of hydrogen-bond acceptors (Lipinski definition) is 3. The predicted octanol–water partition coefficient (Wildman–Crippen LogP) is 0.959. The minimum absolute atomic E-state index is 0. The van der Waals surface area contributed by atoms with Crippen molar-refractivity contribution in [3.8, 4) is 0 Å². The number of piperidine rings is 1. The van der Waals surface area contributed by atoms with Crippen molar-refractivity contribution in [2.45, 2.75) is 39.8 Å². The lowest BCUT2D eigenvalue weighted by Gasteiger charge is -2.31. The van der Waals surface area contributed by atoms with Gasteiger partial charge in [-0.05, 0) is 17.3 Å². The lowest BCUT2D eigenvalue weighted by Crippen LogP contribution is -2.52. The van der Waals surface area contributed by atoms with Crippen molar-refractivity contribution in [1.82, 2.24) is 4.90 Å². The molecule has 0 radical (unpaired) electrons. The Morgan fingerprint density at radius 3 is 2.32 bits per heavy atom. The molecule has 3 N–H and O–H groups in total. The highest BCUT2D eigenvalue weighted by molar-refractivity contribution is 5.88. The summed E-state index contributed by atoms with van der Waals surface area (Å²) in [6, 6.07) is -1.30. The normalized spacial score (nSPS) is 32.5. The molecule has 2 aliphatic rings. The van der Waals surface area contributed by atoms with Gasteiger partial charge in [0.1, 0.15) is 6.04 Å². The lowest BCUT2D eigenvalue weighted by molar-refractivity contribution is -0.151. The fourth-order valence-electron chi connectivity index (χ4n) is 3.27. The van der Waals surface area contributed by atoms with Crippen LogP contribution < -0.4 is 5.73 Å². The van der Waals surface area contributed by atoms with E-state index in [0.717, 1.165) is 0 Å². The molecule has 1 heterocycles. The summed E-state index contributed by atoms with van der Waals surface area (Å²) < 4.78 is 0. The van der Waals surface area contributed by atoms with Gasteiger partial charge in [-0.2, -0.15) is 0 Å². The molecule has 0 spiro atoms. The summed E-state index contributed by atoms with van der Waals surface area (Å²) in [6.07, 6.45) is 0. The number of carbonyl (C=O) groups is 2. The van der Waals surface area contributed by atoms with Crippen LogP contribution in [0.4, 0.5) is 0 Å².